The van der Waals surface area contributed by atoms with E-state index in [-0.39, 0.29) is 5.41 Å². The largest absolute Gasteiger partial charge is 0.327 e. The molecule has 3 heterocycles. The van der Waals surface area contributed by atoms with Crippen molar-refractivity contribution in [3.63, 3.8) is 0 Å². The fourth-order valence-electron chi connectivity index (χ4n) is 3.25. The van der Waals surface area contributed by atoms with E-state index >= 15 is 0 Å². The van der Waals surface area contributed by atoms with Gasteiger partial charge < -0.3 is 14.2 Å². The van der Waals surface area contributed by atoms with Gasteiger partial charge in [0.15, 0.2) is 0 Å². The summed E-state index contributed by atoms with van der Waals surface area (Å²) in [5.74, 6) is -0.801. The number of benzene rings is 1. The van der Waals surface area contributed by atoms with Crippen molar-refractivity contribution >= 4 is 22.6 Å². The number of aryl methyl sites for hydroxylation is 1. The summed E-state index contributed by atoms with van der Waals surface area (Å²) in [5.41, 5.74) is 2.77. The second-order valence-electron chi connectivity index (χ2n) is 6.66. The Morgan fingerprint density at radius 3 is 2.14 bits per heavy atom. The topological polar surface area (TPSA) is 27.7 Å². The lowest BCUT2D eigenvalue weighted by molar-refractivity contribution is -0.470. The lowest BCUT2D eigenvalue weighted by atomic mass is 9.84. The van der Waals surface area contributed by atoms with Crippen molar-refractivity contribution in [2.75, 3.05) is 19.8 Å². The molecule has 3 saturated heterocycles. The summed E-state index contributed by atoms with van der Waals surface area (Å²) in [5, 5.41) is 0. The first-order valence-electron chi connectivity index (χ1n) is 8.21. The standard InChI is InChI=1S/C18H25IO3/c1-3-9-17-11-20-18(21-12-17,22-13-17)10-8-15-4-6-16(7-5-15)14(2)19/h4-7,14H,3,8-13H2,1-2H3. The second kappa shape index (κ2) is 6.75. The maximum Gasteiger partial charge on any atom is 0.283 e. The Labute approximate surface area is 146 Å². The molecule has 0 aromatic heterocycles. The van der Waals surface area contributed by atoms with Gasteiger partial charge in [0.1, 0.15) is 0 Å². The minimum atomic E-state index is -0.801. The van der Waals surface area contributed by atoms with Gasteiger partial charge in [-0.2, -0.15) is 0 Å². The van der Waals surface area contributed by atoms with Gasteiger partial charge in [-0.1, -0.05) is 60.2 Å². The van der Waals surface area contributed by atoms with Crippen molar-refractivity contribution < 1.29 is 14.2 Å². The lowest BCUT2D eigenvalue weighted by Crippen LogP contribution is -2.60. The van der Waals surface area contributed by atoms with E-state index in [2.05, 4.69) is 60.7 Å². The summed E-state index contributed by atoms with van der Waals surface area (Å²) in [6, 6.07) is 8.82. The molecule has 4 rings (SSSR count). The number of ether oxygens (including phenoxy) is 3. The Bertz CT molecular complexity index is 473. The zero-order valence-corrected chi connectivity index (χ0v) is 15.6. The minimum Gasteiger partial charge on any atom is -0.327 e. The summed E-state index contributed by atoms with van der Waals surface area (Å²) >= 11 is 2.44. The van der Waals surface area contributed by atoms with Crippen LogP contribution in [0.4, 0.5) is 0 Å². The van der Waals surface area contributed by atoms with Gasteiger partial charge >= 0.3 is 0 Å². The molecule has 0 aliphatic carbocycles. The number of fused-ring (bicyclic) bond motifs is 3. The summed E-state index contributed by atoms with van der Waals surface area (Å²) in [4.78, 5) is 0. The summed E-state index contributed by atoms with van der Waals surface area (Å²) < 4.78 is 18.4. The van der Waals surface area contributed by atoms with Crippen LogP contribution in [0.15, 0.2) is 24.3 Å². The quantitative estimate of drug-likeness (QED) is 0.500. The molecule has 0 amide bonds. The highest BCUT2D eigenvalue weighted by atomic mass is 127. The maximum absolute atomic E-state index is 5.96. The molecule has 0 saturated carbocycles. The molecule has 22 heavy (non-hydrogen) atoms. The Morgan fingerprint density at radius 2 is 1.64 bits per heavy atom. The zero-order valence-electron chi connectivity index (χ0n) is 13.4. The third-order valence-electron chi connectivity index (χ3n) is 4.73. The fraction of sp³-hybridized carbons (Fsp3) is 0.667. The highest BCUT2D eigenvalue weighted by Gasteiger charge is 2.51. The number of alkyl halides is 1. The van der Waals surface area contributed by atoms with E-state index in [1.807, 2.05) is 0 Å². The molecule has 4 heteroatoms. The van der Waals surface area contributed by atoms with Crippen LogP contribution in [-0.2, 0) is 20.6 Å². The van der Waals surface area contributed by atoms with Gasteiger partial charge in [-0.3, -0.25) is 0 Å². The molecule has 1 aromatic rings. The zero-order chi connectivity index (χ0) is 15.6. The Morgan fingerprint density at radius 1 is 1.05 bits per heavy atom. The van der Waals surface area contributed by atoms with Gasteiger partial charge in [0, 0.05) is 15.8 Å². The molecule has 0 N–H and O–H groups in total. The molecule has 3 fully saturated rings. The summed E-state index contributed by atoms with van der Waals surface area (Å²) in [6.07, 6.45) is 3.93. The fourth-order valence-corrected chi connectivity index (χ4v) is 3.66. The Hall–Kier alpha value is -0.170. The van der Waals surface area contributed by atoms with Gasteiger partial charge in [-0.05, 0) is 30.9 Å². The SMILES string of the molecule is CCCC12COC(CCc3ccc(C(C)I)cc3)(OC1)OC2. The monoisotopic (exact) mass is 416 g/mol. The highest BCUT2D eigenvalue weighted by molar-refractivity contribution is 14.1. The van der Waals surface area contributed by atoms with Crippen LogP contribution in [0.5, 0.6) is 0 Å². The van der Waals surface area contributed by atoms with Crippen molar-refractivity contribution in [2.45, 2.75) is 49.4 Å². The van der Waals surface area contributed by atoms with E-state index in [1.165, 1.54) is 11.1 Å². The van der Waals surface area contributed by atoms with Crippen LogP contribution in [0, 0.1) is 5.41 Å². The molecule has 0 spiro atoms. The Kier molecular flexibility index (Phi) is 5.12. The highest BCUT2D eigenvalue weighted by Crippen LogP contribution is 2.43. The van der Waals surface area contributed by atoms with Gasteiger partial charge in [-0.15, -0.1) is 0 Å². The third kappa shape index (κ3) is 3.50. The number of rotatable bonds is 6. The molecule has 1 aromatic carbocycles. The smallest absolute Gasteiger partial charge is 0.283 e. The maximum atomic E-state index is 5.96. The number of hydrogen-bond donors (Lipinski definition) is 0. The van der Waals surface area contributed by atoms with E-state index < -0.39 is 5.97 Å². The molecular formula is C18H25IO3. The number of hydrogen-bond acceptors (Lipinski definition) is 3. The van der Waals surface area contributed by atoms with E-state index in [9.17, 15) is 0 Å². The first kappa shape index (κ1) is 16.7. The van der Waals surface area contributed by atoms with Crippen LogP contribution >= 0.6 is 22.6 Å². The molecule has 3 aliphatic heterocycles. The van der Waals surface area contributed by atoms with Gasteiger partial charge in [-0.25, -0.2) is 0 Å². The first-order valence-corrected chi connectivity index (χ1v) is 9.46. The van der Waals surface area contributed by atoms with Crippen molar-refractivity contribution in [1.82, 2.24) is 0 Å². The molecule has 1 atom stereocenters. The van der Waals surface area contributed by atoms with Crippen LogP contribution in [0.3, 0.4) is 0 Å². The van der Waals surface area contributed by atoms with Crippen molar-refractivity contribution in [3.8, 4) is 0 Å². The van der Waals surface area contributed by atoms with E-state index in [1.54, 1.807) is 0 Å². The molecule has 122 valence electrons. The average molecular weight is 416 g/mol. The van der Waals surface area contributed by atoms with Crippen molar-refractivity contribution in [1.29, 1.82) is 0 Å². The second-order valence-corrected chi connectivity index (χ2v) is 8.53. The van der Waals surface area contributed by atoms with Crippen LogP contribution < -0.4 is 0 Å². The predicted octanol–water partition coefficient (Wildman–Crippen LogP) is 4.63. The van der Waals surface area contributed by atoms with Crippen LogP contribution in [0.1, 0.15) is 48.2 Å². The van der Waals surface area contributed by atoms with Gasteiger partial charge in [0.25, 0.3) is 5.97 Å². The normalized spacial score (nSPS) is 32.1. The third-order valence-corrected chi connectivity index (χ3v) is 5.45. The van der Waals surface area contributed by atoms with Gasteiger partial charge in [0.2, 0.25) is 0 Å². The molecule has 0 radical (unpaired) electrons. The van der Waals surface area contributed by atoms with Gasteiger partial charge in [0.05, 0.1) is 19.8 Å². The summed E-state index contributed by atoms with van der Waals surface area (Å²) in [6.45, 7) is 6.71. The molecule has 3 aliphatic rings. The van der Waals surface area contributed by atoms with Crippen LogP contribution in [0.2, 0.25) is 0 Å². The summed E-state index contributed by atoms with van der Waals surface area (Å²) in [7, 11) is 0. The van der Waals surface area contributed by atoms with Crippen LogP contribution in [0.25, 0.3) is 0 Å². The molecular weight excluding hydrogens is 391 g/mol. The van der Waals surface area contributed by atoms with E-state index in [0.29, 0.717) is 3.92 Å². The van der Waals surface area contributed by atoms with E-state index in [0.717, 1.165) is 45.5 Å². The number of halogens is 1. The molecule has 1 unspecified atom stereocenters. The average Bonchev–Trinajstić information content (AvgIpc) is 2.55. The van der Waals surface area contributed by atoms with Crippen LogP contribution in [-0.4, -0.2) is 25.8 Å². The first-order chi connectivity index (χ1) is 10.6. The van der Waals surface area contributed by atoms with E-state index in [4.69, 9.17) is 14.2 Å². The van der Waals surface area contributed by atoms with Crippen molar-refractivity contribution in [2.24, 2.45) is 5.41 Å². The Balaban J connectivity index is 1.56. The predicted molar refractivity (Wildman–Crippen MR) is 95.1 cm³/mol. The molecule has 2 bridgehead atoms. The minimum absolute atomic E-state index is 0.0918. The molecule has 3 nitrogen and oxygen atoms in total. The lowest BCUT2D eigenvalue weighted by Gasteiger charge is -2.52. The van der Waals surface area contributed by atoms with Crippen molar-refractivity contribution in [3.05, 3.63) is 35.4 Å².